The van der Waals surface area contributed by atoms with Crippen LogP contribution in [0.2, 0.25) is 0 Å². The zero-order chi connectivity index (χ0) is 16.2. The van der Waals surface area contributed by atoms with Crippen molar-refractivity contribution in [1.29, 1.82) is 0 Å². The Balaban J connectivity index is 1.75. The Bertz CT molecular complexity index is 811. The first-order chi connectivity index (χ1) is 11.1. The molecular weight excluding hydrogens is 293 g/mol. The van der Waals surface area contributed by atoms with Gasteiger partial charge in [0.25, 0.3) is 0 Å². The van der Waals surface area contributed by atoms with Crippen molar-refractivity contribution in [2.45, 2.75) is 13.3 Å². The molecule has 116 valence electrons. The Labute approximate surface area is 133 Å². The standard InChI is InChI=1S/C18H16FN3O/c1-13-4-5-14(12-20-13)10-18(23)21-17-11-15(6-7-16(17)19)22-8-2-3-9-22/h2-9,11-12H,10H2,1H3,(H,21,23). The van der Waals surface area contributed by atoms with E-state index in [2.05, 4.69) is 10.3 Å². The fourth-order valence-corrected chi connectivity index (χ4v) is 2.26. The highest BCUT2D eigenvalue weighted by Gasteiger charge is 2.09. The van der Waals surface area contributed by atoms with Crippen LogP contribution in [0.15, 0.2) is 61.1 Å². The van der Waals surface area contributed by atoms with Crippen molar-refractivity contribution in [3.8, 4) is 5.69 Å². The molecule has 23 heavy (non-hydrogen) atoms. The molecule has 0 aliphatic carbocycles. The third-order valence-corrected chi connectivity index (χ3v) is 3.46. The molecule has 0 saturated heterocycles. The SMILES string of the molecule is Cc1ccc(CC(=O)Nc2cc(-n3cccc3)ccc2F)cn1. The second kappa shape index (κ2) is 6.44. The second-order valence-electron chi connectivity index (χ2n) is 5.29. The van der Waals surface area contributed by atoms with Crippen LogP contribution >= 0.6 is 0 Å². The van der Waals surface area contributed by atoms with Crippen molar-refractivity contribution in [3.05, 3.63) is 78.1 Å². The van der Waals surface area contributed by atoms with Gasteiger partial charge in [-0.25, -0.2) is 4.39 Å². The van der Waals surface area contributed by atoms with Gasteiger partial charge in [0, 0.05) is 30.0 Å². The van der Waals surface area contributed by atoms with Crippen molar-refractivity contribution in [3.63, 3.8) is 0 Å². The lowest BCUT2D eigenvalue weighted by Crippen LogP contribution is -2.15. The van der Waals surface area contributed by atoms with Gasteiger partial charge >= 0.3 is 0 Å². The minimum Gasteiger partial charge on any atom is -0.324 e. The number of amides is 1. The summed E-state index contributed by atoms with van der Waals surface area (Å²) >= 11 is 0. The van der Waals surface area contributed by atoms with Crippen LogP contribution in [0.4, 0.5) is 10.1 Å². The first-order valence-electron chi connectivity index (χ1n) is 7.26. The number of halogens is 1. The van der Waals surface area contributed by atoms with E-state index in [-0.39, 0.29) is 18.0 Å². The van der Waals surface area contributed by atoms with Crippen LogP contribution < -0.4 is 5.32 Å². The topological polar surface area (TPSA) is 46.9 Å². The van der Waals surface area contributed by atoms with E-state index in [9.17, 15) is 9.18 Å². The third kappa shape index (κ3) is 3.63. The van der Waals surface area contributed by atoms with Crippen molar-refractivity contribution in [1.82, 2.24) is 9.55 Å². The number of aromatic nitrogens is 2. The largest absolute Gasteiger partial charge is 0.324 e. The van der Waals surface area contributed by atoms with E-state index in [1.165, 1.54) is 6.07 Å². The van der Waals surface area contributed by atoms with Gasteiger partial charge in [-0.1, -0.05) is 6.07 Å². The van der Waals surface area contributed by atoms with E-state index in [0.717, 1.165) is 16.9 Å². The molecule has 1 aromatic carbocycles. The fraction of sp³-hybridized carbons (Fsp3) is 0.111. The number of nitrogens with one attached hydrogen (secondary N) is 1. The average molecular weight is 309 g/mol. The van der Waals surface area contributed by atoms with Crippen LogP contribution in [0.3, 0.4) is 0 Å². The van der Waals surface area contributed by atoms with Crippen LogP contribution in [0.1, 0.15) is 11.3 Å². The number of nitrogens with zero attached hydrogens (tertiary/aromatic N) is 2. The van der Waals surface area contributed by atoms with Crippen LogP contribution in [0.25, 0.3) is 5.69 Å². The highest BCUT2D eigenvalue weighted by atomic mass is 19.1. The first kappa shape index (κ1) is 15.0. The summed E-state index contributed by atoms with van der Waals surface area (Å²) in [6.45, 7) is 1.88. The van der Waals surface area contributed by atoms with Crippen molar-refractivity contribution >= 4 is 11.6 Å². The number of benzene rings is 1. The molecule has 1 amide bonds. The monoisotopic (exact) mass is 309 g/mol. The smallest absolute Gasteiger partial charge is 0.228 e. The van der Waals surface area contributed by atoms with Crippen molar-refractivity contribution < 1.29 is 9.18 Å². The van der Waals surface area contributed by atoms with E-state index in [4.69, 9.17) is 0 Å². The highest BCUT2D eigenvalue weighted by molar-refractivity contribution is 5.92. The summed E-state index contributed by atoms with van der Waals surface area (Å²) in [5, 5.41) is 2.62. The lowest BCUT2D eigenvalue weighted by atomic mass is 10.2. The molecule has 2 heterocycles. The van der Waals surface area contributed by atoms with E-state index in [1.54, 1.807) is 18.3 Å². The van der Waals surface area contributed by atoms with Gasteiger partial charge in [0.2, 0.25) is 5.91 Å². The normalized spacial score (nSPS) is 10.5. The molecule has 0 unspecified atom stereocenters. The predicted octanol–water partition coefficient (Wildman–Crippen LogP) is 3.50. The third-order valence-electron chi connectivity index (χ3n) is 3.46. The molecule has 0 radical (unpaired) electrons. The quantitative estimate of drug-likeness (QED) is 0.802. The van der Waals surface area contributed by atoms with Gasteiger partial charge in [0.15, 0.2) is 0 Å². The molecule has 0 aliphatic heterocycles. The van der Waals surface area contributed by atoms with Gasteiger partial charge in [-0.3, -0.25) is 9.78 Å². The fourth-order valence-electron chi connectivity index (χ4n) is 2.26. The van der Waals surface area contributed by atoms with Crippen LogP contribution in [-0.2, 0) is 11.2 Å². The van der Waals surface area contributed by atoms with Gasteiger partial charge in [-0.05, 0) is 48.9 Å². The van der Waals surface area contributed by atoms with Gasteiger partial charge in [-0.15, -0.1) is 0 Å². The van der Waals surface area contributed by atoms with Crippen molar-refractivity contribution in [2.24, 2.45) is 0 Å². The molecule has 3 aromatic rings. The molecule has 0 saturated carbocycles. The van der Waals surface area contributed by atoms with Crippen LogP contribution in [0, 0.1) is 12.7 Å². The molecule has 0 aliphatic rings. The molecule has 0 bridgehead atoms. The summed E-state index contributed by atoms with van der Waals surface area (Å²) in [4.78, 5) is 16.3. The Kier molecular flexibility index (Phi) is 4.19. The maximum atomic E-state index is 13.9. The number of hydrogen-bond donors (Lipinski definition) is 1. The Morgan fingerprint density at radius 2 is 2.00 bits per heavy atom. The van der Waals surface area contributed by atoms with Crippen LogP contribution in [-0.4, -0.2) is 15.5 Å². The second-order valence-corrected chi connectivity index (χ2v) is 5.29. The number of anilines is 1. The zero-order valence-corrected chi connectivity index (χ0v) is 12.7. The molecule has 0 atom stereocenters. The lowest BCUT2D eigenvalue weighted by Gasteiger charge is -2.10. The Morgan fingerprint density at radius 3 is 2.70 bits per heavy atom. The summed E-state index contributed by atoms with van der Waals surface area (Å²) in [6.07, 6.45) is 5.52. The summed E-state index contributed by atoms with van der Waals surface area (Å²) in [5.74, 6) is -0.740. The van der Waals surface area contributed by atoms with Gasteiger partial charge in [0.05, 0.1) is 12.1 Å². The number of carbonyl (C=O) groups excluding carboxylic acids is 1. The summed E-state index contributed by atoms with van der Waals surface area (Å²) in [5.41, 5.74) is 2.62. The molecule has 5 heteroatoms. The molecular formula is C18H16FN3O. The number of pyridine rings is 1. The number of hydrogen-bond acceptors (Lipinski definition) is 2. The van der Waals surface area contributed by atoms with Gasteiger partial charge < -0.3 is 9.88 Å². The predicted molar refractivity (Wildman–Crippen MR) is 87.0 cm³/mol. The summed E-state index contributed by atoms with van der Waals surface area (Å²) in [7, 11) is 0. The molecule has 0 fully saturated rings. The van der Waals surface area contributed by atoms with E-state index < -0.39 is 5.82 Å². The molecule has 4 nitrogen and oxygen atoms in total. The first-order valence-corrected chi connectivity index (χ1v) is 7.26. The molecule has 3 rings (SSSR count). The van der Waals surface area contributed by atoms with Crippen molar-refractivity contribution in [2.75, 3.05) is 5.32 Å². The summed E-state index contributed by atoms with van der Waals surface area (Å²) < 4.78 is 15.8. The maximum absolute atomic E-state index is 13.9. The van der Waals surface area contributed by atoms with Crippen LogP contribution in [0.5, 0.6) is 0 Å². The number of rotatable bonds is 4. The molecule has 1 N–H and O–H groups in total. The number of aryl methyl sites for hydroxylation is 1. The van der Waals surface area contributed by atoms with Gasteiger partial charge in [-0.2, -0.15) is 0 Å². The zero-order valence-electron chi connectivity index (χ0n) is 12.7. The minimum atomic E-state index is -0.462. The maximum Gasteiger partial charge on any atom is 0.228 e. The molecule has 0 spiro atoms. The van der Waals surface area contributed by atoms with E-state index >= 15 is 0 Å². The summed E-state index contributed by atoms with van der Waals surface area (Å²) in [6, 6.07) is 12.1. The molecule has 2 aromatic heterocycles. The minimum absolute atomic E-state index is 0.153. The lowest BCUT2D eigenvalue weighted by molar-refractivity contribution is -0.115. The number of carbonyl (C=O) groups is 1. The Morgan fingerprint density at radius 1 is 1.22 bits per heavy atom. The highest BCUT2D eigenvalue weighted by Crippen LogP contribution is 2.19. The van der Waals surface area contributed by atoms with E-state index in [0.29, 0.717) is 0 Å². The average Bonchev–Trinajstić information content (AvgIpc) is 3.06. The van der Waals surface area contributed by atoms with Gasteiger partial charge in [0.1, 0.15) is 5.82 Å². The van der Waals surface area contributed by atoms with E-state index in [1.807, 2.05) is 48.1 Å². The Hall–Kier alpha value is -2.95.